The number of furan rings is 1. The maximum absolute atomic E-state index is 5.69. The number of hydrogen-bond acceptors (Lipinski definition) is 3. The summed E-state index contributed by atoms with van der Waals surface area (Å²) in [6.07, 6.45) is 3.50. The van der Waals surface area contributed by atoms with E-state index in [2.05, 4.69) is 9.97 Å². The maximum Gasteiger partial charge on any atom is 0.118 e. The molecule has 0 aliphatic rings. The molecule has 2 aromatic heterocycles. The fourth-order valence-electron chi connectivity index (χ4n) is 1.47. The molecule has 0 aliphatic heterocycles. The van der Waals surface area contributed by atoms with Crippen LogP contribution in [0.15, 0.2) is 28.9 Å². The van der Waals surface area contributed by atoms with Crippen molar-refractivity contribution in [3.63, 3.8) is 0 Å². The molecule has 4 heteroatoms. The summed E-state index contributed by atoms with van der Waals surface area (Å²) in [5, 5.41) is 0. The molecule has 0 radical (unpaired) electrons. The number of aromatic nitrogens is 2. The van der Waals surface area contributed by atoms with E-state index in [9.17, 15) is 0 Å². The summed E-state index contributed by atoms with van der Waals surface area (Å²) in [6.45, 7) is 2.40. The normalized spacial score (nSPS) is 13.0. The van der Waals surface area contributed by atoms with E-state index in [1.807, 2.05) is 19.1 Å². The summed E-state index contributed by atoms with van der Waals surface area (Å²) in [4.78, 5) is 7.22. The lowest BCUT2D eigenvalue weighted by Gasteiger charge is -2.08. The highest BCUT2D eigenvalue weighted by molar-refractivity contribution is 5.18. The number of aryl methyl sites for hydroxylation is 1. The first-order valence-electron chi connectivity index (χ1n) is 4.57. The van der Waals surface area contributed by atoms with E-state index >= 15 is 0 Å². The van der Waals surface area contributed by atoms with Gasteiger partial charge in [-0.05, 0) is 19.1 Å². The quantitative estimate of drug-likeness (QED) is 0.770. The molecular formula is C10H13N3O. The Balaban J connectivity index is 2.31. The van der Waals surface area contributed by atoms with Gasteiger partial charge >= 0.3 is 0 Å². The molecule has 0 fully saturated rings. The van der Waals surface area contributed by atoms with Gasteiger partial charge in [0.15, 0.2) is 0 Å². The van der Waals surface area contributed by atoms with Crippen molar-refractivity contribution in [2.75, 3.05) is 6.54 Å². The molecule has 1 atom stereocenters. The Bertz CT molecular complexity index is 391. The zero-order valence-corrected chi connectivity index (χ0v) is 8.03. The van der Waals surface area contributed by atoms with E-state index in [-0.39, 0.29) is 5.92 Å². The molecule has 0 aliphatic carbocycles. The highest BCUT2D eigenvalue weighted by Gasteiger charge is 2.17. The Hall–Kier alpha value is -1.55. The van der Waals surface area contributed by atoms with Gasteiger partial charge in [-0.2, -0.15) is 0 Å². The predicted molar refractivity (Wildman–Crippen MR) is 52.9 cm³/mol. The number of aromatic amines is 1. The van der Waals surface area contributed by atoms with Crippen LogP contribution >= 0.6 is 0 Å². The van der Waals surface area contributed by atoms with Crippen molar-refractivity contribution >= 4 is 0 Å². The van der Waals surface area contributed by atoms with Gasteiger partial charge in [0, 0.05) is 18.9 Å². The Morgan fingerprint density at radius 2 is 2.43 bits per heavy atom. The van der Waals surface area contributed by atoms with Gasteiger partial charge in [0.05, 0.1) is 5.92 Å². The van der Waals surface area contributed by atoms with Gasteiger partial charge in [-0.15, -0.1) is 0 Å². The topological polar surface area (TPSA) is 67.8 Å². The van der Waals surface area contributed by atoms with Crippen LogP contribution in [0.2, 0.25) is 0 Å². The van der Waals surface area contributed by atoms with Crippen LogP contribution in [0, 0.1) is 6.92 Å². The lowest BCUT2D eigenvalue weighted by atomic mass is 10.1. The molecule has 0 saturated carbocycles. The second kappa shape index (κ2) is 3.67. The van der Waals surface area contributed by atoms with Gasteiger partial charge in [-0.25, -0.2) is 4.98 Å². The van der Waals surface area contributed by atoms with Gasteiger partial charge < -0.3 is 15.1 Å². The number of hydrogen-bond donors (Lipinski definition) is 2. The van der Waals surface area contributed by atoms with Gasteiger partial charge in [0.25, 0.3) is 0 Å². The van der Waals surface area contributed by atoms with E-state index in [4.69, 9.17) is 10.2 Å². The third kappa shape index (κ3) is 1.56. The molecule has 2 rings (SSSR count). The molecule has 3 N–H and O–H groups in total. The van der Waals surface area contributed by atoms with E-state index in [1.54, 1.807) is 12.4 Å². The zero-order valence-electron chi connectivity index (χ0n) is 8.03. The SMILES string of the molecule is Cc1ccc(C(CN)c2ncc[nH]2)o1. The van der Waals surface area contributed by atoms with E-state index in [0.717, 1.165) is 17.3 Å². The maximum atomic E-state index is 5.69. The Morgan fingerprint density at radius 3 is 2.93 bits per heavy atom. The third-order valence-electron chi connectivity index (χ3n) is 2.19. The number of nitrogens with two attached hydrogens (primary N) is 1. The first-order valence-corrected chi connectivity index (χ1v) is 4.57. The van der Waals surface area contributed by atoms with Crippen LogP contribution in [0.4, 0.5) is 0 Å². The Morgan fingerprint density at radius 1 is 1.57 bits per heavy atom. The number of rotatable bonds is 3. The highest BCUT2D eigenvalue weighted by atomic mass is 16.3. The van der Waals surface area contributed by atoms with Crippen molar-refractivity contribution in [1.82, 2.24) is 9.97 Å². The second-order valence-corrected chi connectivity index (χ2v) is 3.21. The summed E-state index contributed by atoms with van der Waals surface area (Å²) >= 11 is 0. The fraction of sp³-hybridized carbons (Fsp3) is 0.300. The van der Waals surface area contributed by atoms with Gasteiger partial charge in [-0.1, -0.05) is 0 Å². The summed E-state index contributed by atoms with van der Waals surface area (Å²) in [5.74, 6) is 2.63. The average molecular weight is 191 g/mol. The smallest absolute Gasteiger partial charge is 0.118 e. The lowest BCUT2D eigenvalue weighted by molar-refractivity contribution is 0.459. The lowest BCUT2D eigenvalue weighted by Crippen LogP contribution is -2.14. The molecule has 0 amide bonds. The largest absolute Gasteiger partial charge is 0.466 e. The van der Waals surface area contributed by atoms with Gasteiger partial charge in [0.1, 0.15) is 17.3 Å². The van der Waals surface area contributed by atoms with Crippen LogP contribution in [0.5, 0.6) is 0 Å². The molecule has 2 heterocycles. The van der Waals surface area contributed by atoms with E-state index in [0.29, 0.717) is 6.54 Å². The van der Waals surface area contributed by atoms with Crippen LogP contribution < -0.4 is 5.73 Å². The summed E-state index contributed by atoms with van der Waals surface area (Å²) < 4.78 is 5.52. The van der Waals surface area contributed by atoms with Crippen molar-refractivity contribution in [3.8, 4) is 0 Å². The summed E-state index contributed by atoms with van der Waals surface area (Å²) in [6, 6.07) is 3.87. The van der Waals surface area contributed by atoms with Crippen LogP contribution in [0.1, 0.15) is 23.3 Å². The van der Waals surface area contributed by atoms with Gasteiger partial charge in [-0.3, -0.25) is 0 Å². The summed E-state index contributed by atoms with van der Waals surface area (Å²) in [5.41, 5.74) is 5.69. The van der Waals surface area contributed by atoms with Crippen LogP contribution in [-0.2, 0) is 0 Å². The van der Waals surface area contributed by atoms with Crippen molar-refractivity contribution in [2.45, 2.75) is 12.8 Å². The first-order chi connectivity index (χ1) is 6.81. The number of nitrogens with zero attached hydrogens (tertiary/aromatic N) is 1. The van der Waals surface area contributed by atoms with E-state index in [1.165, 1.54) is 0 Å². The number of imidazole rings is 1. The standard InChI is InChI=1S/C10H13N3O/c1-7-2-3-9(14-7)8(6-11)10-12-4-5-13-10/h2-5,8H,6,11H2,1H3,(H,12,13). The molecule has 14 heavy (non-hydrogen) atoms. The van der Waals surface area contributed by atoms with Crippen molar-refractivity contribution in [1.29, 1.82) is 0 Å². The minimum atomic E-state index is 0.0266. The van der Waals surface area contributed by atoms with Crippen molar-refractivity contribution < 1.29 is 4.42 Å². The summed E-state index contributed by atoms with van der Waals surface area (Å²) in [7, 11) is 0. The average Bonchev–Trinajstić information content (AvgIpc) is 2.79. The van der Waals surface area contributed by atoms with Crippen LogP contribution in [-0.4, -0.2) is 16.5 Å². The number of H-pyrrole nitrogens is 1. The Kier molecular flexibility index (Phi) is 2.37. The van der Waals surface area contributed by atoms with E-state index < -0.39 is 0 Å². The van der Waals surface area contributed by atoms with Crippen LogP contribution in [0.25, 0.3) is 0 Å². The number of nitrogens with one attached hydrogen (secondary N) is 1. The zero-order chi connectivity index (χ0) is 9.97. The minimum absolute atomic E-state index is 0.0266. The fourth-order valence-corrected chi connectivity index (χ4v) is 1.47. The molecule has 2 aromatic rings. The second-order valence-electron chi connectivity index (χ2n) is 3.21. The van der Waals surface area contributed by atoms with Crippen molar-refractivity contribution in [3.05, 3.63) is 41.9 Å². The molecule has 1 unspecified atom stereocenters. The molecule has 74 valence electrons. The van der Waals surface area contributed by atoms with Crippen LogP contribution in [0.3, 0.4) is 0 Å². The molecule has 4 nitrogen and oxygen atoms in total. The highest BCUT2D eigenvalue weighted by Crippen LogP contribution is 2.22. The van der Waals surface area contributed by atoms with Gasteiger partial charge in [0.2, 0.25) is 0 Å². The predicted octanol–water partition coefficient (Wildman–Crippen LogP) is 1.40. The van der Waals surface area contributed by atoms with Crippen molar-refractivity contribution in [2.24, 2.45) is 5.73 Å². The minimum Gasteiger partial charge on any atom is -0.466 e. The first kappa shape index (κ1) is 9.02. The molecule has 0 saturated heterocycles. The third-order valence-corrected chi connectivity index (χ3v) is 2.19. The molecule has 0 bridgehead atoms. The molecule has 0 aromatic carbocycles. The Labute approximate surface area is 82.1 Å². The molecular weight excluding hydrogens is 178 g/mol. The molecule has 0 spiro atoms. The monoisotopic (exact) mass is 191 g/mol.